The monoisotopic (exact) mass is 328 g/mol. The van der Waals surface area contributed by atoms with E-state index in [2.05, 4.69) is 22.9 Å². The standard InChI is InChI=1S/C15H24N4O2.ClH/c1-2-17-11-12-6-5-7-13(10-12)19-14(20)8-3-4-9-18-15(16)21;/h5-7,10,17H,2-4,8-9,11H2,1H3,(H,19,20)(H3,16,18,21);1H. The van der Waals surface area contributed by atoms with Crippen LogP contribution < -0.4 is 21.7 Å². The molecule has 0 saturated heterocycles. The van der Waals surface area contributed by atoms with Crippen molar-refractivity contribution in [2.45, 2.75) is 32.7 Å². The van der Waals surface area contributed by atoms with Crippen molar-refractivity contribution in [3.63, 3.8) is 0 Å². The average molecular weight is 329 g/mol. The Labute approximate surface area is 137 Å². The number of carbonyl (C=O) groups excluding carboxylic acids is 2. The summed E-state index contributed by atoms with van der Waals surface area (Å²) in [7, 11) is 0. The lowest BCUT2D eigenvalue weighted by Gasteiger charge is -2.08. The molecule has 6 nitrogen and oxygen atoms in total. The summed E-state index contributed by atoms with van der Waals surface area (Å²) in [6, 6.07) is 7.27. The molecule has 1 rings (SSSR count). The fraction of sp³-hybridized carbons (Fsp3) is 0.467. The Kier molecular flexibility index (Phi) is 10.9. The van der Waals surface area contributed by atoms with E-state index in [0.29, 0.717) is 19.4 Å². The average Bonchev–Trinajstić information content (AvgIpc) is 2.45. The zero-order valence-corrected chi connectivity index (χ0v) is 13.7. The smallest absolute Gasteiger partial charge is 0.312 e. The Morgan fingerprint density at radius 2 is 2.00 bits per heavy atom. The van der Waals surface area contributed by atoms with Gasteiger partial charge in [0.15, 0.2) is 0 Å². The van der Waals surface area contributed by atoms with E-state index in [0.717, 1.165) is 30.8 Å². The third kappa shape index (κ3) is 9.20. The Morgan fingerprint density at radius 3 is 2.68 bits per heavy atom. The van der Waals surface area contributed by atoms with Crippen LogP contribution in [0.4, 0.5) is 10.5 Å². The minimum Gasteiger partial charge on any atom is -0.352 e. The van der Waals surface area contributed by atoms with E-state index < -0.39 is 6.03 Å². The quantitative estimate of drug-likeness (QED) is 0.522. The Balaban J connectivity index is 0.00000441. The summed E-state index contributed by atoms with van der Waals surface area (Å²) in [6.45, 7) is 4.26. The van der Waals surface area contributed by atoms with Crippen molar-refractivity contribution in [1.29, 1.82) is 0 Å². The third-order valence-corrected chi connectivity index (χ3v) is 2.92. The van der Waals surface area contributed by atoms with Gasteiger partial charge in [-0.1, -0.05) is 19.1 Å². The normalized spacial score (nSPS) is 9.68. The maximum Gasteiger partial charge on any atom is 0.312 e. The first-order valence-electron chi connectivity index (χ1n) is 7.24. The predicted molar refractivity (Wildman–Crippen MR) is 91.1 cm³/mol. The number of halogens is 1. The molecular weight excluding hydrogens is 304 g/mol. The van der Waals surface area contributed by atoms with Crippen LogP contribution >= 0.6 is 12.4 Å². The number of anilines is 1. The van der Waals surface area contributed by atoms with Crippen LogP contribution in [0.15, 0.2) is 24.3 Å². The van der Waals surface area contributed by atoms with Gasteiger partial charge in [0.25, 0.3) is 0 Å². The largest absolute Gasteiger partial charge is 0.352 e. The van der Waals surface area contributed by atoms with Crippen LogP contribution in [0.1, 0.15) is 31.7 Å². The first-order chi connectivity index (χ1) is 10.1. The van der Waals surface area contributed by atoms with E-state index >= 15 is 0 Å². The van der Waals surface area contributed by atoms with Crippen molar-refractivity contribution < 1.29 is 9.59 Å². The number of urea groups is 1. The molecule has 0 heterocycles. The molecule has 0 aliphatic carbocycles. The van der Waals surface area contributed by atoms with Crippen LogP contribution in [0.3, 0.4) is 0 Å². The molecule has 0 saturated carbocycles. The molecule has 0 aromatic heterocycles. The van der Waals surface area contributed by atoms with E-state index in [-0.39, 0.29) is 18.3 Å². The number of carbonyl (C=O) groups is 2. The summed E-state index contributed by atoms with van der Waals surface area (Å²) in [5.41, 5.74) is 6.90. The van der Waals surface area contributed by atoms with Gasteiger partial charge in [0.2, 0.25) is 5.91 Å². The molecule has 0 unspecified atom stereocenters. The molecule has 1 aromatic rings. The number of hydrogen-bond donors (Lipinski definition) is 4. The highest BCUT2D eigenvalue weighted by Crippen LogP contribution is 2.11. The van der Waals surface area contributed by atoms with E-state index in [1.807, 2.05) is 24.3 Å². The highest BCUT2D eigenvalue weighted by molar-refractivity contribution is 5.90. The van der Waals surface area contributed by atoms with Crippen LogP contribution in [0.2, 0.25) is 0 Å². The van der Waals surface area contributed by atoms with Gasteiger partial charge in [-0.05, 0) is 37.1 Å². The lowest BCUT2D eigenvalue weighted by Crippen LogP contribution is -2.30. The fourth-order valence-electron chi connectivity index (χ4n) is 1.87. The number of unbranched alkanes of at least 4 members (excludes halogenated alkanes) is 1. The maximum atomic E-state index is 11.8. The molecule has 0 bridgehead atoms. The SMILES string of the molecule is CCNCc1cccc(NC(=O)CCCCNC(N)=O)c1.Cl. The summed E-state index contributed by atoms with van der Waals surface area (Å²) in [5, 5.41) is 8.62. The Bertz CT molecular complexity index is 469. The third-order valence-electron chi connectivity index (χ3n) is 2.92. The van der Waals surface area contributed by atoms with Crippen molar-refractivity contribution in [1.82, 2.24) is 10.6 Å². The fourth-order valence-corrected chi connectivity index (χ4v) is 1.87. The highest BCUT2D eigenvalue weighted by atomic mass is 35.5. The first kappa shape index (κ1) is 20.2. The Hall–Kier alpha value is -1.79. The van der Waals surface area contributed by atoms with Gasteiger partial charge < -0.3 is 21.7 Å². The second kappa shape index (κ2) is 11.8. The van der Waals surface area contributed by atoms with Crippen molar-refractivity contribution in [2.75, 3.05) is 18.4 Å². The predicted octanol–water partition coefficient (Wildman–Crippen LogP) is 1.99. The second-order valence-corrected chi connectivity index (χ2v) is 4.78. The number of rotatable bonds is 9. The van der Waals surface area contributed by atoms with E-state index in [1.54, 1.807) is 0 Å². The molecule has 5 N–H and O–H groups in total. The number of nitrogens with two attached hydrogens (primary N) is 1. The zero-order valence-electron chi connectivity index (χ0n) is 12.9. The lowest BCUT2D eigenvalue weighted by molar-refractivity contribution is -0.116. The maximum absolute atomic E-state index is 11.8. The lowest BCUT2D eigenvalue weighted by atomic mass is 10.2. The number of primary amides is 1. The summed E-state index contributed by atoms with van der Waals surface area (Å²) < 4.78 is 0. The van der Waals surface area contributed by atoms with Gasteiger partial charge in [0.1, 0.15) is 0 Å². The van der Waals surface area contributed by atoms with Crippen molar-refractivity contribution >= 4 is 30.0 Å². The second-order valence-electron chi connectivity index (χ2n) is 4.78. The van der Waals surface area contributed by atoms with Gasteiger partial charge in [-0.2, -0.15) is 0 Å². The number of nitrogens with one attached hydrogen (secondary N) is 3. The summed E-state index contributed by atoms with van der Waals surface area (Å²) in [5.74, 6) is -0.0188. The molecule has 0 spiro atoms. The Morgan fingerprint density at radius 1 is 1.23 bits per heavy atom. The number of amides is 3. The minimum atomic E-state index is -0.531. The molecule has 0 aliphatic rings. The molecule has 0 aliphatic heterocycles. The molecule has 1 aromatic carbocycles. The molecule has 124 valence electrons. The van der Waals surface area contributed by atoms with Crippen LogP contribution in [0.5, 0.6) is 0 Å². The summed E-state index contributed by atoms with van der Waals surface area (Å²) in [4.78, 5) is 22.3. The van der Waals surface area contributed by atoms with E-state index in [4.69, 9.17) is 5.73 Å². The topological polar surface area (TPSA) is 96.2 Å². The molecule has 22 heavy (non-hydrogen) atoms. The molecule has 0 atom stereocenters. The van der Waals surface area contributed by atoms with Gasteiger partial charge in [-0.3, -0.25) is 4.79 Å². The minimum absolute atomic E-state index is 0. The van der Waals surface area contributed by atoms with E-state index in [1.165, 1.54) is 0 Å². The molecule has 0 fully saturated rings. The summed E-state index contributed by atoms with van der Waals surface area (Å²) in [6.07, 6.45) is 1.87. The van der Waals surface area contributed by atoms with Crippen molar-refractivity contribution in [3.8, 4) is 0 Å². The molecular formula is C15H25ClN4O2. The van der Waals surface area contributed by atoms with E-state index in [9.17, 15) is 9.59 Å². The molecule has 0 radical (unpaired) electrons. The summed E-state index contributed by atoms with van der Waals surface area (Å²) >= 11 is 0. The number of benzene rings is 1. The van der Waals surface area contributed by atoms with Gasteiger partial charge >= 0.3 is 6.03 Å². The number of hydrogen-bond acceptors (Lipinski definition) is 3. The van der Waals surface area contributed by atoms with Crippen molar-refractivity contribution in [3.05, 3.63) is 29.8 Å². The zero-order chi connectivity index (χ0) is 15.5. The first-order valence-corrected chi connectivity index (χ1v) is 7.24. The van der Waals surface area contributed by atoms with Gasteiger partial charge in [0, 0.05) is 25.2 Å². The van der Waals surface area contributed by atoms with Crippen molar-refractivity contribution in [2.24, 2.45) is 5.73 Å². The van der Waals surface area contributed by atoms with Crippen LogP contribution in [0, 0.1) is 0 Å². The highest BCUT2D eigenvalue weighted by Gasteiger charge is 2.03. The van der Waals surface area contributed by atoms with Gasteiger partial charge in [-0.25, -0.2) is 4.79 Å². The molecule has 7 heteroatoms. The molecule has 3 amide bonds. The van der Waals surface area contributed by atoms with Gasteiger partial charge in [-0.15, -0.1) is 12.4 Å². The van der Waals surface area contributed by atoms with Crippen LogP contribution in [-0.4, -0.2) is 25.0 Å². The van der Waals surface area contributed by atoms with Crippen LogP contribution in [0.25, 0.3) is 0 Å². The van der Waals surface area contributed by atoms with Crippen LogP contribution in [-0.2, 0) is 11.3 Å². The van der Waals surface area contributed by atoms with Gasteiger partial charge in [0.05, 0.1) is 0 Å².